The van der Waals surface area contributed by atoms with Crippen LogP contribution in [0.25, 0.3) is 22.3 Å². The van der Waals surface area contributed by atoms with Crippen LogP contribution in [0.3, 0.4) is 0 Å². The van der Waals surface area contributed by atoms with E-state index in [2.05, 4.69) is 192 Å². The van der Waals surface area contributed by atoms with Crippen LogP contribution in [0.2, 0.25) is 39.3 Å². The largest absolute Gasteiger partial charge is 1.00 e. The second kappa shape index (κ2) is 58.1. The molecule has 5 nitrogen and oxygen atoms in total. The summed E-state index contributed by atoms with van der Waals surface area (Å²) in [5, 5.41) is 31.6. The van der Waals surface area contributed by atoms with Gasteiger partial charge in [-0.25, -0.2) is 35.1 Å². The van der Waals surface area contributed by atoms with E-state index in [4.69, 9.17) is 56.3 Å². The number of aliphatic hydroxyl groups excluding tert-OH is 1. The molecular weight excluding hydrogens is 2320 g/mol. The minimum atomic E-state index is -2.06. The normalized spacial score (nSPS) is 10.4. The molecule has 0 atom stereocenters. The van der Waals surface area contributed by atoms with Crippen molar-refractivity contribution < 1.29 is 77.8 Å². The van der Waals surface area contributed by atoms with Crippen molar-refractivity contribution in [2.24, 2.45) is 0 Å². The SMILES string of the molecule is C.C.C.C1CCOC1.CO.C[Si](C)(C)c1c(F)c(Br)c([Si](C)(C)C)c(Br)c1F.ClCCl.Fc1c(Br)c(-c2ccccc2)c(Br)c(F)c1-c1ccccc1.Fc1c(Br)c(I)c(Br)c(F)c1I.Fc1cc(F)c(Br)cc1Br.ICI.OB(O)c1ccccc1.[2H]CF.[C-]#N.[Cu+]. The standard InChI is InChI=1S/C18H10Br2F2.C12H18Br2F2Si2.C6H7BO2.C6Br2F2I2.C6H2Br2F2.C4H8O.CH2Cl2.CH3F.CH2I2.CN.CH4O.3CH4.Cu/c19-15-13(11-7-3-1-4-8-11)16(20)18(22)14(17(15)21)12-9-5-2-6-10-12;1-17(2,3)11-7(13)9(15)12(18(4,5)6)10(16)8(11)14;8-7(9)6-4-2-1-3-5-6;7-1-3(9)6(12)4(10)2(8)5(1)11;7-3-1-4(8)6(10)2-5(3)9;1-2-4-5-3-1;2-1-3;1-2;2-1-3;2*1-2;;;;/h1-10H;1-6H3;1-5,8-9H;;1-2H;1-4H2;1H2;1H3;1H2;;2H,1H3;3*1H4;/q;;;;;;;;;-1;;;;;+1/i;;;;;;;1D;;;;;;;. The molecule has 8 rings (SSSR count). The fourth-order valence-electron chi connectivity index (χ4n) is 6.51. The van der Waals surface area contributed by atoms with Gasteiger partial charge in [0.2, 0.25) is 0 Å². The number of nitrogens with zero attached hydrogens (tertiary/aromatic N) is 1. The third-order valence-corrected chi connectivity index (χ3v) is 24.1. The van der Waals surface area contributed by atoms with Crippen LogP contribution in [0.4, 0.5) is 39.5 Å². The molecule has 0 amide bonds. The van der Waals surface area contributed by atoms with Crippen molar-refractivity contribution >= 4 is 280 Å². The Morgan fingerprint density at radius 1 is 0.533 bits per heavy atom. The van der Waals surface area contributed by atoms with Crippen molar-refractivity contribution in [1.82, 2.24) is 0 Å². The third kappa shape index (κ3) is 37.0. The Hall–Kier alpha value is 1.60. The molecule has 32 heteroatoms. The van der Waals surface area contributed by atoms with Crippen molar-refractivity contribution in [3.63, 3.8) is 0 Å². The quantitative estimate of drug-likeness (QED) is 0.0304. The van der Waals surface area contributed by atoms with Gasteiger partial charge in [-0.3, -0.25) is 4.39 Å². The summed E-state index contributed by atoms with van der Waals surface area (Å²) in [6.45, 7) is 18.8. The first-order chi connectivity index (χ1) is 41.6. The average Bonchev–Trinajstić information content (AvgIpc) is 0.822. The van der Waals surface area contributed by atoms with Gasteiger partial charge in [0.15, 0.2) is 11.6 Å². The number of hydrogen-bond acceptors (Lipinski definition) is 5. The molecule has 92 heavy (non-hydrogen) atoms. The fourth-order valence-corrected chi connectivity index (χ4v) is 19.9. The molecule has 0 spiro atoms. The molecule has 1 saturated heterocycles. The Morgan fingerprint density at radius 2 is 0.826 bits per heavy atom. The Morgan fingerprint density at radius 3 is 1.08 bits per heavy atom. The molecule has 1 aliphatic rings. The van der Waals surface area contributed by atoms with Crippen molar-refractivity contribution in [2.45, 2.75) is 74.4 Å². The first kappa shape index (κ1) is 105. The second-order valence-corrected chi connectivity index (χ2v) is 42.0. The van der Waals surface area contributed by atoms with E-state index in [1.165, 1.54) is 21.3 Å². The Bertz CT molecular complexity index is 2900. The summed E-state index contributed by atoms with van der Waals surface area (Å²) in [7, 11) is -5.23. The van der Waals surface area contributed by atoms with Gasteiger partial charge < -0.3 is 31.7 Å². The molecule has 3 N–H and O–H groups in total. The number of rotatable bonds is 5. The minimum absolute atomic E-state index is 0. The molecule has 1 heterocycles. The van der Waals surface area contributed by atoms with Crippen molar-refractivity contribution in [1.29, 1.82) is 5.26 Å². The Balaban J connectivity index is -0.000000189. The summed E-state index contributed by atoms with van der Waals surface area (Å²) in [6, 6.07) is 28.6. The summed E-state index contributed by atoms with van der Waals surface area (Å²) in [5.41, 5.74) is 2.18. The molecule has 0 aliphatic carbocycles. The molecule has 520 valence electrons. The van der Waals surface area contributed by atoms with Crippen molar-refractivity contribution in [3.8, 4) is 22.3 Å². The molecule has 0 radical (unpaired) electrons. The van der Waals surface area contributed by atoms with Gasteiger partial charge >= 0.3 is 24.2 Å². The van der Waals surface area contributed by atoms with E-state index in [1.54, 1.807) is 71.1 Å². The zero-order chi connectivity index (χ0) is 69.7. The van der Waals surface area contributed by atoms with E-state index in [9.17, 15) is 39.5 Å². The van der Waals surface area contributed by atoms with Gasteiger partial charge in [-0.1, -0.05) is 198 Å². The van der Waals surface area contributed by atoms with Gasteiger partial charge in [-0.15, -0.1) is 23.2 Å². The molecular formula is C60H68BBr8Cl2CuF9I4NO4Si2. The second-order valence-electron chi connectivity index (χ2n) is 18.1. The van der Waals surface area contributed by atoms with Crippen LogP contribution in [0.5, 0.6) is 0 Å². The molecule has 0 bridgehead atoms. The molecule has 1 fully saturated rings. The van der Waals surface area contributed by atoms with Crippen LogP contribution in [0, 0.1) is 65.5 Å². The zero-order valence-electron chi connectivity index (χ0n) is 48.5. The van der Waals surface area contributed by atoms with Crippen LogP contribution in [-0.4, -0.2) is 73.7 Å². The smallest absolute Gasteiger partial charge is 0.512 e. The minimum Gasteiger partial charge on any atom is -0.512 e. The van der Waals surface area contributed by atoms with E-state index in [-0.39, 0.29) is 76.9 Å². The zero-order valence-corrected chi connectivity index (χ0v) is 73.3. The molecule has 0 saturated carbocycles. The summed E-state index contributed by atoms with van der Waals surface area (Å²) in [5.74, 6) is -4.33. The van der Waals surface area contributed by atoms with Crippen LogP contribution in [0.15, 0.2) is 139 Å². The van der Waals surface area contributed by atoms with E-state index < -0.39 is 77.0 Å². The predicted molar refractivity (Wildman–Crippen MR) is 435 cm³/mol. The maximum absolute atomic E-state index is 14.8. The number of halogens is 23. The number of aliphatic hydroxyl groups is 1. The summed E-state index contributed by atoms with van der Waals surface area (Å²) in [4.78, 5) is 0. The van der Waals surface area contributed by atoms with E-state index in [1.807, 2.05) is 84.7 Å². The topological polar surface area (TPSA) is 93.7 Å². The average molecular weight is 2390 g/mol. The predicted octanol–water partition coefficient (Wildman–Crippen LogP) is 25.2. The first-order valence-corrected chi connectivity index (χ1v) is 43.8. The molecule has 1 aliphatic heterocycles. The number of alkyl halides is 5. The van der Waals surface area contributed by atoms with E-state index in [0.717, 1.165) is 37.1 Å². The number of ether oxygens (including phenoxy) is 1. The van der Waals surface area contributed by atoms with Gasteiger partial charge in [0, 0.05) is 40.7 Å². The van der Waals surface area contributed by atoms with Crippen molar-refractivity contribution in [3.05, 3.63) is 199 Å². The van der Waals surface area contributed by atoms with Gasteiger partial charge in [0.05, 0.1) is 77.4 Å². The van der Waals surface area contributed by atoms with Crippen LogP contribution in [0.1, 0.15) is 36.5 Å². The number of benzene rings is 7. The van der Waals surface area contributed by atoms with Gasteiger partial charge in [-0.05, 0) is 213 Å². The molecule has 0 aromatic heterocycles. The first-order valence-electron chi connectivity index (χ1n) is 24.9. The molecule has 7 aromatic rings. The van der Waals surface area contributed by atoms with Crippen LogP contribution in [-0.2, 0) is 21.8 Å². The number of hydrogen-bond donors (Lipinski definition) is 3. The van der Waals surface area contributed by atoms with E-state index in [0.29, 0.717) is 38.1 Å². The van der Waals surface area contributed by atoms with E-state index >= 15 is 0 Å². The maximum atomic E-state index is 14.8. The fraction of sp³-hybridized carbons (Fsp3) is 0.283. The maximum Gasteiger partial charge on any atom is 1.00 e. The van der Waals surface area contributed by atoms with Crippen LogP contribution < -0.4 is 15.8 Å². The summed E-state index contributed by atoms with van der Waals surface area (Å²) >= 11 is 42.7. The van der Waals surface area contributed by atoms with Gasteiger partial charge in [0.25, 0.3) is 0 Å². The third-order valence-electron chi connectivity index (χ3n) is 10.2. The Kier molecular flexibility index (Phi) is 66.1. The molecule has 7 aromatic carbocycles. The van der Waals surface area contributed by atoms with Gasteiger partial charge in [-0.2, -0.15) is 0 Å². The Labute approximate surface area is 684 Å². The summed E-state index contributed by atoms with van der Waals surface area (Å²) < 4.78 is 134. The summed E-state index contributed by atoms with van der Waals surface area (Å²) in [6.07, 6.45) is 2.56. The molecule has 0 unspecified atom stereocenters. The van der Waals surface area contributed by atoms with Crippen molar-refractivity contribution in [2.75, 3.05) is 35.3 Å². The van der Waals surface area contributed by atoms with Crippen LogP contribution >= 0.6 is 241 Å². The monoisotopic (exact) mass is 2380 g/mol. The van der Waals surface area contributed by atoms with Gasteiger partial charge in [0.1, 0.15) is 34.9 Å².